The van der Waals surface area contributed by atoms with Gasteiger partial charge in [0, 0.05) is 43.4 Å². The van der Waals surface area contributed by atoms with Gasteiger partial charge in [-0.25, -0.2) is 8.42 Å². The second kappa shape index (κ2) is 15.8. The Bertz CT molecular complexity index is 1360. The molecule has 4 rings (SSSR count). The number of rotatable bonds is 14. The van der Waals surface area contributed by atoms with Gasteiger partial charge < -0.3 is 25.0 Å². The van der Waals surface area contributed by atoms with Crippen molar-refractivity contribution in [1.29, 1.82) is 5.26 Å². The van der Waals surface area contributed by atoms with Crippen molar-refractivity contribution in [2.45, 2.75) is 93.6 Å². The third kappa shape index (κ3) is 8.97. The molecule has 240 valence electrons. The summed E-state index contributed by atoms with van der Waals surface area (Å²) in [5.41, 5.74) is 1.92. The number of methoxy groups -OCH3 is 1. The maximum atomic E-state index is 13.2. The van der Waals surface area contributed by atoms with Gasteiger partial charge in [0.1, 0.15) is 0 Å². The molecule has 0 bridgehead atoms. The van der Waals surface area contributed by atoms with Gasteiger partial charge in [0.15, 0.2) is 9.84 Å². The topological polar surface area (TPSA) is 121 Å². The molecule has 1 aliphatic heterocycles. The predicted octanol–water partition coefficient (Wildman–Crippen LogP) is 4.99. The van der Waals surface area contributed by atoms with E-state index >= 15 is 0 Å². The number of hydrogen-bond acceptors (Lipinski definition) is 8. The molecule has 1 heterocycles. The van der Waals surface area contributed by atoms with E-state index in [4.69, 9.17) is 14.7 Å². The Morgan fingerprint density at radius 3 is 2.34 bits per heavy atom. The molecule has 1 amide bonds. The van der Waals surface area contributed by atoms with Gasteiger partial charge in [-0.05, 0) is 80.5 Å². The van der Waals surface area contributed by atoms with Crippen molar-refractivity contribution in [3.8, 4) is 6.07 Å². The van der Waals surface area contributed by atoms with E-state index in [1.165, 1.54) is 12.1 Å². The number of ether oxygens (including phenoxy) is 2. The van der Waals surface area contributed by atoms with Crippen LogP contribution in [0, 0.1) is 11.3 Å². The molecule has 0 spiro atoms. The number of carbonyl (C=O) groups excluding carboxylic acids is 1. The number of alkyl halides is 2. The number of halogens is 2. The highest BCUT2D eigenvalue weighted by molar-refractivity contribution is 7.91. The molecule has 2 fully saturated rings. The lowest BCUT2D eigenvalue weighted by Crippen LogP contribution is -2.42. The number of carbonyl (C=O) groups is 1. The predicted molar refractivity (Wildman–Crippen MR) is 163 cm³/mol. The zero-order valence-corrected chi connectivity index (χ0v) is 26.1. The number of nitriles is 1. The second-order valence-corrected chi connectivity index (χ2v) is 13.7. The molecule has 1 saturated heterocycles. The van der Waals surface area contributed by atoms with Gasteiger partial charge in [-0.15, -0.1) is 0 Å². The number of nitrogens with zero attached hydrogens (tertiary/aromatic N) is 2. The van der Waals surface area contributed by atoms with Crippen LogP contribution >= 0.6 is 0 Å². The van der Waals surface area contributed by atoms with Crippen LogP contribution in [0.3, 0.4) is 0 Å². The molecule has 3 atom stereocenters. The first-order valence-electron chi connectivity index (χ1n) is 15.2. The molecule has 0 unspecified atom stereocenters. The SMILES string of the molecule is CCS(=O)(=O)c1ccc([C@H](CCC#N)NC(=O)c2ccc(N3C[C@@H](N[C@H]4CC[C@H](OC)CC4)C[C@H]3COC(F)F)cc2)cc1. The molecular formula is C32H42F2N4O5S. The van der Waals surface area contributed by atoms with Crippen LogP contribution in [0.4, 0.5) is 14.5 Å². The highest BCUT2D eigenvalue weighted by atomic mass is 32.2. The van der Waals surface area contributed by atoms with Crippen LogP contribution in [0.15, 0.2) is 53.4 Å². The van der Waals surface area contributed by atoms with Crippen molar-refractivity contribution >= 4 is 21.4 Å². The first-order valence-corrected chi connectivity index (χ1v) is 16.8. The van der Waals surface area contributed by atoms with Crippen LogP contribution in [0.5, 0.6) is 0 Å². The van der Waals surface area contributed by atoms with Crippen molar-refractivity contribution in [3.63, 3.8) is 0 Å². The lowest BCUT2D eigenvalue weighted by molar-refractivity contribution is -0.131. The minimum Gasteiger partial charge on any atom is -0.381 e. The van der Waals surface area contributed by atoms with E-state index in [9.17, 15) is 22.0 Å². The average Bonchev–Trinajstić information content (AvgIpc) is 3.44. The Hall–Kier alpha value is -3.11. The van der Waals surface area contributed by atoms with Crippen LogP contribution in [0.2, 0.25) is 0 Å². The molecule has 1 saturated carbocycles. The fourth-order valence-electron chi connectivity index (χ4n) is 6.15. The Morgan fingerprint density at radius 2 is 1.75 bits per heavy atom. The van der Waals surface area contributed by atoms with Gasteiger partial charge in [-0.3, -0.25) is 4.79 Å². The molecule has 2 aromatic carbocycles. The average molecular weight is 633 g/mol. The maximum Gasteiger partial charge on any atom is 0.345 e. The van der Waals surface area contributed by atoms with E-state index in [1.807, 2.05) is 12.1 Å². The summed E-state index contributed by atoms with van der Waals surface area (Å²) in [5.74, 6) is -0.351. The highest BCUT2D eigenvalue weighted by Crippen LogP contribution is 2.29. The smallest absolute Gasteiger partial charge is 0.345 e. The molecule has 0 radical (unpaired) electrons. The lowest BCUT2D eigenvalue weighted by Gasteiger charge is -2.30. The summed E-state index contributed by atoms with van der Waals surface area (Å²) in [6.07, 6.45) is 5.54. The van der Waals surface area contributed by atoms with Crippen LogP contribution in [-0.4, -0.2) is 71.2 Å². The van der Waals surface area contributed by atoms with Gasteiger partial charge in [0.05, 0.1) is 41.5 Å². The largest absolute Gasteiger partial charge is 0.381 e. The van der Waals surface area contributed by atoms with E-state index in [-0.39, 0.29) is 41.7 Å². The van der Waals surface area contributed by atoms with Crippen LogP contribution in [-0.2, 0) is 19.3 Å². The van der Waals surface area contributed by atoms with Crippen LogP contribution in [0.25, 0.3) is 0 Å². The normalized spacial score (nSPS) is 23.0. The number of nitrogens with one attached hydrogen (secondary N) is 2. The zero-order valence-electron chi connectivity index (χ0n) is 25.3. The Balaban J connectivity index is 1.43. The van der Waals surface area contributed by atoms with E-state index in [2.05, 4.69) is 21.6 Å². The van der Waals surface area contributed by atoms with E-state index in [1.54, 1.807) is 38.3 Å². The highest BCUT2D eigenvalue weighted by Gasteiger charge is 2.35. The summed E-state index contributed by atoms with van der Waals surface area (Å²) in [7, 11) is -1.62. The monoisotopic (exact) mass is 632 g/mol. The standard InChI is InChI=1S/C32H42F2N4O5S/c1-3-44(40,41)29-16-8-22(9-17-29)30(5-4-18-35)37-31(39)23-6-12-26(13-7-23)38-20-25(19-27(38)21-43-32(33)34)36-24-10-14-28(42-2)15-11-24/h6-9,12-13,16-17,24-25,27-28,30,32,36H,3-5,10-11,14-15,19-21H2,1-2H3,(H,37,39)/t24-,25-,27-,28-,30-/m0/s1. The number of sulfone groups is 1. The third-order valence-corrected chi connectivity index (χ3v) is 10.4. The van der Waals surface area contributed by atoms with Crippen LogP contribution in [0.1, 0.15) is 73.8 Å². The van der Waals surface area contributed by atoms with Crippen molar-refractivity contribution in [2.24, 2.45) is 0 Å². The van der Waals surface area contributed by atoms with Gasteiger partial charge in [-0.2, -0.15) is 14.0 Å². The molecule has 0 aromatic heterocycles. The van der Waals surface area contributed by atoms with Gasteiger partial charge in [-0.1, -0.05) is 19.1 Å². The fourth-order valence-corrected chi connectivity index (χ4v) is 7.03. The van der Waals surface area contributed by atoms with E-state index in [0.717, 1.165) is 31.4 Å². The van der Waals surface area contributed by atoms with E-state index < -0.39 is 22.5 Å². The summed E-state index contributed by atoms with van der Waals surface area (Å²) in [5, 5.41) is 15.8. The van der Waals surface area contributed by atoms with Crippen molar-refractivity contribution in [3.05, 3.63) is 59.7 Å². The van der Waals surface area contributed by atoms with Crippen molar-refractivity contribution in [2.75, 3.05) is 30.9 Å². The van der Waals surface area contributed by atoms with Crippen LogP contribution < -0.4 is 15.5 Å². The summed E-state index contributed by atoms with van der Waals surface area (Å²) in [4.78, 5) is 15.5. The molecule has 2 aliphatic rings. The third-order valence-electron chi connectivity index (χ3n) is 8.64. The molecule has 12 heteroatoms. The Kier molecular flexibility index (Phi) is 12.1. The van der Waals surface area contributed by atoms with Gasteiger partial charge in [0.2, 0.25) is 0 Å². The minimum absolute atomic E-state index is 0.0126. The quantitative estimate of drug-likeness (QED) is 0.299. The summed E-state index contributed by atoms with van der Waals surface area (Å²) < 4.78 is 60.4. The Labute approximate surface area is 258 Å². The minimum atomic E-state index is -3.36. The molecule has 2 aromatic rings. The number of amides is 1. The second-order valence-electron chi connectivity index (χ2n) is 11.5. The van der Waals surface area contributed by atoms with E-state index in [0.29, 0.717) is 42.7 Å². The molecular weight excluding hydrogens is 590 g/mol. The zero-order chi connectivity index (χ0) is 31.7. The first kappa shape index (κ1) is 33.8. The number of hydrogen-bond donors (Lipinski definition) is 2. The summed E-state index contributed by atoms with van der Waals surface area (Å²) in [6, 6.07) is 15.2. The van der Waals surface area contributed by atoms with Crippen molar-refractivity contribution < 1.29 is 31.5 Å². The summed E-state index contributed by atoms with van der Waals surface area (Å²) >= 11 is 0. The molecule has 1 aliphatic carbocycles. The Morgan fingerprint density at radius 1 is 1.07 bits per heavy atom. The summed E-state index contributed by atoms with van der Waals surface area (Å²) in [6.45, 7) is -0.739. The van der Waals surface area contributed by atoms with Gasteiger partial charge in [0.25, 0.3) is 5.91 Å². The van der Waals surface area contributed by atoms with Gasteiger partial charge >= 0.3 is 6.61 Å². The maximum absolute atomic E-state index is 13.2. The number of benzene rings is 2. The first-order chi connectivity index (χ1) is 21.1. The molecule has 9 nitrogen and oxygen atoms in total. The molecule has 44 heavy (non-hydrogen) atoms. The molecule has 2 N–H and O–H groups in total. The van der Waals surface area contributed by atoms with Crippen molar-refractivity contribution in [1.82, 2.24) is 10.6 Å². The lowest BCUT2D eigenvalue weighted by atomic mass is 9.92. The fraction of sp³-hybridized carbons (Fsp3) is 0.562. The number of anilines is 1.